The first kappa shape index (κ1) is 16.8. The number of hydrogen-bond acceptors (Lipinski definition) is 3. The molecule has 0 aliphatic rings. The van der Waals surface area contributed by atoms with Crippen molar-refractivity contribution in [3.63, 3.8) is 0 Å². The number of thioether (sulfide) groups is 1. The Bertz CT molecular complexity index is 223. The van der Waals surface area contributed by atoms with Crippen LogP contribution in [-0.4, -0.2) is 38.1 Å². The van der Waals surface area contributed by atoms with Gasteiger partial charge in [0.2, 0.25) is 0 Å². The van der Waals surface area contributed by atoms with Gasteiger partial charge in [0, 0.05) is 26.0 Å². The molecule has 0 fully saturated rings. The molecule has 1 N–H and O–H groups in total. The van der Waals surface area contributed by atoms with Crippen LogP contribution in [0.4, 0.5) is 13.2 Å². The summed E-state index contributed by atoms with van der Waals surface area (Å²) in [5.74, 6) is 0.0535. The molecule has 1 unspecified atom stereocenters. The molecule has 2 nitrogen and oxygen atoms in total. The Balaban J connectivity index is 3.89. The van der Waals surface area contributed by atoms with Crippen molar-refractivity contribution in [2.24, 2.45) is 5.41 Å². The van der Waals surface area contributed by atoms with E-state index < -0.39 is 5.51 Å². The van der Waals surface area contributed by atoms with Gasteiger partial charge in [-0.1, -0.05) is 24.8 Å². The van der Waals surface area contributed by atoms with Crippen LogP contribution >= 0.6 is 11.8 Å². The number of alkyl halides is 3. The summed E-state index contributed by atoms with van der Waals surface area (Å²) in [7, 11) is 1.61. The summed E-state index contributed by atoms with van der Waals surface area (Å²) >= 11 is 0.0193. The van der Waals surface area contributed by atoms with Gasteiger partial charge in [0.05, 0.1) is 6.61 Å². The molecule has 0 bridgehead atoms. The zero-order valence-electron chi connectivity index (χ0n) is 10.3. The van der Waals surface area contributed by atoms with Gasteiger partial charge in [0.25, 0.3) is 0 Å². The Morgan fingerprint density at radius 2 is 2.06 bits per heavy atom. The quantitative estimate of drug-likeness (QED) is 0.514. The molecule has 102 valence electrons. The van der Waals surface area contributed by atoms with Crippen LogP contribution in [0.2, 0.25) is 0 Å². The van der Waals surface area contributed by atoms with Crippen LogP contribution in [0.25, 0.3) is 0 Å². The molecule has 0 spiro atoms. The van der Waals surface area contributed by atoms with Crippen LogP contribution in [0.5, 0.6) is 0 Å². The first-order valence-corrected chi connectivity index (χ1v) is 6.35. The Kier molecular flexibility index (Phi) is 7.91. The number of methoxy groups -OCH3 is 1. The van der Waals surface area contributed by atoms with E-state index in [0.717, 1.165) is 0 Å². The Labute approximate surface area is 105 Å². The van der Waals surface area contributed by atoms with Crippen LogP contribution in [-0.2, 0) is 4.74 Å². The smallest absolute Gasteiger partial charge is 0.383 e. The first-order chi connectivity index (χ1) is 7.83. The van der Waals surface area contributed by atoms with E-state index in [2.05, 4.69) is 11.9 Å². The number of halogens is 3. The molecule has 0 aliphatic heterocycles. The van der Waals surface area contributed by atoms with Gasteiger partial charge in [-0.25, -0.2) is 0 Å². The molecular weight excluding hydrogens is 251 g/mol. The Morgan fingerprint density at radius 1 is 1.41 bits per heavy atom. The molecule has 0 rings (SSSR count). The predicted octanol–water partition coefficient (Wildman–Crippen LogP) is 3.06. The maximum atomic E-state index is 12.0. The molecule has 0 amide bonds. The topological polar surface area (TPSA) is 21.3 Å². The SMILES string of the molecule is C=CC(C)(CCSC(F)(F)F)CNCCOC. The fraction of sp³-hybridized carbons (Fsp3) is 0.818. The van der Waals surface area contributed by atoms with Gasteiger partial charge in [0.15, 0.2) is 0 Å². The molecule has 0 aliphatic carbocycles. The summed E-state index contributed by atoms with van der Waals surface area (Å²) in [5.41, 5.74) is -4.46. The van der Waals surface area contributed by atoms with Crippen LogP contribution in [0.3, 0.4) is 0 Å². The summed E-state index contributed by atoms with van der Waals surface area (Å²) in [6, 6.07) is 0. The lowest BCUT2D eigenvalue weighted by atomic mass is 9.88. The van der Waals surface area contributed by atoms with Crippen molar-refractivity contribution in [3.05, 3.63) is 12.7 Å². The van der Waals surface area contributed by atoms with E-state index in [1.54, 1.807) is 13.2 Å². The van der Waals surface area contributed by atoms with Gasteiger partial charge >= 0.3 is 5.51 Å². The van der Waals surface area contributed by atoms with E-state index in [1.807, 2.05) is 6.92 Å². The van der Waals surface area contributed by atoms with Gasteiger partial charge in [-0.2, -0.15) is 13.2 Å². The summed E-state index contributed by atoms with van der Waals surface area (Å²) in [5, 5.41) is 3.14. The van der Waals surface area contributed by atoms with Gasteiger partial charge in [0.1, 0.15) is 0 Å². The zero-order chi connectivity index (χ0) is 13.4. The molecule has 0 saturated carbocycles. The average Bonchev–Trinajstić information content (AvgIpc) is 2.23. The lowest BCUT2D eigenvalue weighted by Gasteiger charge is -2.26. The molecule has 6 heteroatoms. The second-order valence-corrected chi connectivity index (χ2v) is 5.23. The van der Waals surface area contributed by atoms with Crippen molar-refractivity contribution in [1.29, 1.82) is 0 Å². The van der Waals surface area contributed by atoms with E-state index in [-0.39, 0.29) is 22.9 Å². The van der Waals surface area contributed by atoms with Crippen molar-refractivity contribution in [3.8, 4) is 0 Å². The lowest BCUT2D eigenvalue weighted by Crippen LogP contribution is -2.32. The van der Waals surface area contributed by atoms with Crippen molar-refractivity contribution < 1.29 is 17.9 Å². The normalized spacial score (nSPS) is 15.6. The summed E-state index contributed by atoms with van der Waals surface area (Å²) < 4.78 is 40.9. The third-order valence-electron chi connectivity index (χ3n) is 2.44. The molecule has 17 heavy (non-hydrogen) atoms. The fourth-order valence-corrected chi connectivity index (χ4v) is 2.01. The van der Waals surface area contributed by atoms with Gasteiger partial charge < -0.3 is 10.1 Å². The van der Waals surface area contributed by atoms with E-state index in [0.29, 0.717) is 26.1 Å². The monoisotopic (exact) mass is 271 g/mol. The highest BCUT2D eigenvalue weighted by Gasteiger charge is 2.29. The average molecular weight is 271 g/mol. The van der Waals surface area contributed by atoms with E-state index in [1.165, 1.54) is 0 Å². The first-order valence-electron chi connectivity index (χ1n) is 5.37. The molecule has 1 atom stereocenters. The van der Waals surface area contributed by atoms with Crippen LogP contribution in [0.1, 0.15) is 13.3 Å². The van der Waals surface area contributed by atoms with E-state index in [4.69, 9.17) is 4.74 Å². The van der Waals surface area contributed by atoms with Crippen LogP contribution < -0.4 is 5.32 Å². The van der Waals surface area contributed by atoms with Gasteiger partial charge in [-0.3, -0.25) is 0 Å². The number of rotatable bonds is 9. The third-order valence-corrected chi connectivity index (χ3v) is 3.18. The third kappa shape index (κ3) is 9.50. The minimum Gasteiger partial charge on any atom is -0.383 e. The molecule has 0 radical (unpaired) electrons. The number of ether oxygens (including phenoxy) is 1. The predicted molar refractivity (Wildman–Crippen MR) is 66.2 cm³/mol. The lowest BCUT2D eigenvalue weighted by molar-refractivity contribution is -0.0328. The minimum atomic E-state index is -4.15. The summed E-state index contributed by atoms with van der Waals surface area (Å²) in [6.07, 6.45) is 2.16. The van der Waals surface area contributed by atoms with E-state index >= 15 is 0 Å². The molecule has 0 aromatic rings. The second-order valence-electron chi connectivity index (χ2n) is 4.07. The molecule has 0 aromatic carbocycles. The highest BCUT2D eigenvalue weighted by Crippen LogP contribution is 2.33. The Morgan fingerprint density at radius 3 is 2.53 bits per heavy atom. The molecule has 0 heterocycles. The van der Waals surface area contributed by atoms with Crippen LogP contribution in [0, 0.1) is 5.41 Å². The summed E-state index contributed by atoms with van der Waals surface area (Å²) in [6.45, 7) is 7.47. The van der Waals surface area contributed by atoms with Crippen molar-refractivity contribution in [1.82, 2.24) is 5.32 Å². The standard InChI is InChI=1S/C11H20F3NOS/c1-4-10(2,9-15-6-7-16-3)5-8-17-11(12,13)14/h4,15H,1,5-9H2,2-3H3. The fourth-order valence-electron chi connectivity index (χ4n) is 1.21. The highest BCUT2D eigenvalue weighted by molar-refractivity contribution is 8.00. The van der Waals surface area contributed by atoms with Gasteiger partial charge in [-0.15, -0.1) is 6.58 Å². The molecular formula is C11H20F3NOS. The van der Waals surface area contributed by atoms with Crippen LogP contribution in [0.15, 0.2) is 12.7 Å². The number of nitrogens with one attached hydrogen (secondary N) is 1. The molecule has 0 saturated heterocycles. The van der Waals surface area contributed by atoms with E-state index in [9.17, 15) is 13.2 Å². The molecule has 0 aromatic heterocycles. The van der Waals surface area contributed by atoms with Crippen molar-refractivity contribution in [2.75, 3.05) is 32.6 Å². The largest absolute Gasteiger partial charge is 0.441 e. The second kappa shape index (κ2) is 8.00. The minimum absolute atomic E-state index is 0.0193. The Hall–Kier alpha value is -0.200. The summed E-state index contributed by atoms with van der Waals surface area (Å²) in [4.78, 5) is 0. The maximum absolute atomic E-state index is 12.0. The maximum Gasteiger partial charge on any atom is 0.441 e. The van der Waals surface area contributed by atoms with Gasteiger partial charge in [-0.05, 0) is 11.8 Å². The van der Waals surface area contributed by atoms with Crippen molar-refractivity contribution in [2.45, 2.75) is 18.9 Å². The highest BCUT2D eigenvalue weighted by atomic mass is 32.2. The van der Waals surface area contributed by atoms with Crippen molar-refractivity contribution >= 4 is 11.8 Å². The number of hydrogen-bond donors (Lipinski definition) is 1. The zero-order valence-corrected chi connectivity index (χ0v) is 11.1.